The van der Waals surface area contributed by atoms with E-state index in [0.29, 0.717) is 12.3 Å². The molecule has 0 aliphatic carbocycles. The quantitative estimate of drug-likeness (QED) is 0.760. The lowest BCUT2D eigenvalue weighted by atomic mass is 9.92. The lowest BCUT2D eigenvalue weighted by Crippen LogP contribution is -2.47. The number of hydrogen-bond donors (Lipinski definition) is 1. The molecule has 0 aromatic heterocycles. The molecule has 1 fully saturated rings. The molecule has 0 spiro atoms. The van der Waals surface area contributed by atoms with E-state index in [-0.39, 0.29) is 24.4 Å². The maximum atomic E-state index is 12.9. The summed E-state index contributed by atoms with van der Waals surface area (Å²) in [5.41, 5.74) is -0.182. The summed E-state index contributed by atoms with van der Waals surface area (Å²) in [5, 5.41) is 2.77. The first kappa shape index (κ1) is 19.9. The highest BCUT2D eigenvalue weighted by atomic mass is 16.2. The van der Waals surface area contributed by atoms with E-state index in [1.807, 2.05) is 44.2 Å². The van der Waals surface area contributed by atoms with Gasteiger partial charge in [-0.1, -0.05) is 32.0 Å². The van der Waals surface area contributed by atoms with Gasteiger partial charge in [-0.15, -0.1) is 0 Å². The second kappa shape index (κ2) is 7.89. The number of urea groups is 1. The van der Waals surface area contributed by atoms with Gasteiger partial charge >= 0.3 is 6.03 Å². The van der Waals surface area contributed by atoms with Gasteiger partial charge in [0.25, 0.3) is 5.91 Å². The Labute approximate surface area is 155 Å². The summed E-state index contributed by atoms with van der Waals surface area (Å²) in [4.78, 5) is 40.6. The maximum Gasteiger partial charge on any atom is 0.325 e. The summed E-state index contributed by atoms with van der Waals surface area (Å²) in [6.07, 6.45) is 1.39. The van der Waals surface area contributed by atoms with Crippen LogP contribution in [0.4, 0.5) is 10.5 Å². The summed E-state index contributed by atoms with van der Waals surface area (Å²) >= 11 is 0. The number of carbonyl (C=O) groups excluding carboxylic acids is 3. The van der Waals surface area contributed by atoms with Crippen molar-refractivity contribution in [3.63, 3.8) is 0 Å². The Morgan fingerprint density at radius 1 is 1.15 bits per heavy atom. The van der Waals surface area contributed by atoms with Crippen LogP contribution in [0.3, 0.4) is 0 Å². The van der Waals surface area contributed by atoms with Gasteiger partial charge in [0.2, 0.25) is 5.91 Å². The first-order valence-electron chi connectivity index (χ1n) is 9.17. The fraction of sp³-hybridized carbons (Fsp3) is 0.550. The van der Waals surface area contributed by atoms with Crippen LogP contribution >= 0.6 is 0 Å². The largest absolute Gasteiger partial charge is 0.325 e. The molecule has 1 saturated heterocycles. The molecule has 1 N–H and O–H groups in total. The standard InChI is InChI=1S/C20H29N3O3/c1-14(2)11-12-20(5)18(25)22(19(26)21-20)13-17(24)23(15(3)4)16-9-7-6-8-10-16/h6-10,14-15H,11-13H2,1-5H3,(H,21,26)/t20-/m1/s1. The number of anilines is 1. The van der Waals surface area contributed by atoms with E-state index in [9.17, 15) is 14.4 Å². The Morgan fingerprint density at radius 3 is 2.31 bits per heavy atom. The van der Waals surface area contributed by atoms with Crippen LogP contribution in [0.1, 0.15) is 47.5 Å². The third-order valence-corrected chi connectivity index (χ3v) is 4.68. The zero-order valence-electron chi connectivity index (χ0n) is 16.3. The molecule has 26 heavy (non-hydrogen) atoms. The second-order valence-corrected chi connectivity index (χ2v) is 7.78. The van der Waals surface area contributed by atoms with Gasteiger partial charge < -0.3 is 10.2 Å². The van der Waals surface area contributed by atoms with Crippen LogP contribution in [0, 0.1) is 5.92 Å². The average molecular weight is 359 g/mol. The van der Waals surface area contributed by atoms with E-state index < -0.39 is 11.6 Å². The monoisotopic (exact) mass is 359 g/mol. The topological polar surface area (TPSA) is 69.7 Å². The van der Waals surface area contributed by atoms with Crippen molar-refractivity contribution < 1.29 is 14.4 Å². The number of nitrogens with zero attached hydrogens (tertiary/aromatic N) is 2. The number of imide groups is 1. The zero-order chi connectivity index (χ0) is 19.5. The Balaban J connectivity index is 2.15. The number of rotatable bonds is 7. The number of benzene rings is 1. The van der Waals surface area contributed by atoms with Crippen molar-refractivity contribution in [1.29, 1.82) is 0 Å². The molecular weight excluding hydrogens is 330 g/mol. The predicted octanol–water partition coefficient (Wildman–Crippen LogP) is 3.17. The van der Waals surface area contributed by atoms with Crippen LogP contribution in [0.25, 0.3) is 0 Å². The number of nitrogens with one attached hydrogen (secondary N) is 1. The Hall–Kier alpha value is -2.37. The molecule has 0 bridgehead atoms. The number of para-hydroxylation sites is 1. The van der Waals surface area contributed by atoms with Crippen LogP contribution in [0.2, 0.25) is 0 Å². The molecule has 0 saturated carbocycles. The lowest BCUT2D eigenvalue weighted by Gasteiger charge is -2.28. The molecule has 2 rings (SSSR count). The van der Waals surface area contributed by atoms with Crippen molar-refractivity contribution in [2.45, 2.75) is 59.0 Å². The maximum absolute atomic E-state index is 12.9. The van der Waals surface area contributed by atoms with E-state index in [2.05, 4.69) is 19.2 Å². The lowest BCUT2D eigenvalue weighted by molar-refractivity contribution is -0.134. The van der Waals surface area contributed by atoms with E-state index >= 15 is 0 Å². The van der Waals surface area contributed by atoms with Crippen molar-refractivity contribution in [3.8, 4) is 0 Å². The molecule has 142 valence electrons. The van der Waals surface area contributed by atoms with E-state index in [1.165, 1.54) is 0 Å². The van der Waals surface area contributed by atoms with Crippen molar-refractivity contribution in [2.24, 2.45) is 5.92 Å². The van der Waals surface area contributed by atoms with Crippen molar-refractivity contribution in [1.82, 2.24) is 10.2 Å². The van der Waals surface area contributed by atoms with Crippen LogP contribution in [-0.2, 0) is 9.59 Å². The van der Waals surface area contributed by atoms with Gasteiger partial charge in [-0.25, -0.2) is 4.79 Å². The molecule has 6 heteroatoms. The average Bonchev–Trinajstić information content (AvgIpc) is 2.78. The minimum absolute atomic E-state index is 0.0852. The predicted molar refractivity (Wildman–Crippen MR) is 102 cm³/mol. The van der Waals surface area contributed by atoms with E-state index in [4.69, 9.17) is 0 Å². The summed E-state index contributed by atoms with van der Waals surface area (Å²) in [6, 6.07) is 8.70. The fourth-order valence-corrected chi connectivity index (χ4v) is 3.17. The number of hydrogen-bond acceptors (Lipinski definition) is 3. The minimum atomic E-state index is -0.933. The third kappa shape index (κ3) is 4.23. The molecule has 1 atom stereocenters. The van der Waals surface area contributed by atoms with Crippen molar-refractivity contribution >= 4 is 23.5 Å². The Bertz CT molecular complexity index is 672. The van der Waals surface area contributed by atoms with E-state index in [1.54, 1.807) is 11.8 Å². The summed E-state index contributed by atoms with van der Waals surface area (Å²) in [5.74, 6) is -0.169. The smallest absolute Gasteiger partial charge is 0.323 e. The van der Waals surface area contributed by atoms with Crippen LogP contribution < -0.4 is 10.2 Å². The van der Waals surface area contributed by atoms with E-state index in [0.717, 1.165) is 17.0 Å². The molecule has 0 radical (unpaired) electrons. The highest BCUT2D eigenvalue weighted by Gasteiger charge is 2.48. The highest BCUT2D eigenvalue weighted by Crippen LogP contribution is 2.25. The molecule has 1 aromatic rings. The molecule has 1 aliphatic heterocycles. The van der Waals surface area contributed by atoms with Crippen LogP contribution in [-0.4, -0.2) is 40.9 Å². The van der Waals surface area contributed by atoms with Gasteiger partial charge in [0.05, 0.1) is 0 Å². The molecule has 1 aromatic carbocycles. The van der Waals surface area contributed by atoms with Crippen LogP contribution in [0.5, 0.6) is 0 Å². The molecule has 0 unspecified atom stereocenters. The zero-order valence-corrected chi connectivity index (χ0v) is 16.3. The summed E-state index contributed by atoms with van der Waals surface area (Å²) in [6.45, 7) is 9.44. The van der Waals surface area contributed by atoms with Crippen molar-refractivity contribution in [2.75, 3.05) is 11.4 Å². The molecule has 4 amide bonds. The Morgan fingerprint density at radius 2 is 1.77 bits per heavy atom. The van der Waals surface area contributed by atoms with Gasteiger partial charge in [-0.2, -0.15) is 0 Å². The first-order chi connectivity index (χ1) is 12.2. The van der Waals surface area contributed by atoms with Gasteiger partial charge in [-0.05, 0) is 51.7 Å². The summed E-state index contributed by atoms with van der Waals surface area (Å²) in [7, 11) is 0. The SMILES string of the molecule is CC(C)CC[C@@]1(C)NC(=O)N(CC(=O)N(c2ccccc2)C(C)C)C1=O. The second-order valence-electron chi connectivity index (χ2n) is 7.78. The third-order valence-electron chi connectivity index (χ3n) is 4.68. The number of amides is 4. The van der Waals surface area contributed by atoms with Gasteiger partial charge in [0.15, 0.2) is 0 Å². The minimum Gasteiger partial charge on any atom is -0.323 e. The van der Waals surface area contributed by atoms with Gasteiger partial charge in [-0.3, -0.25) is 14.5 Å². The molecule has 1 heterocycles. The molecule has 6 nitrogen and oxygen atoms in total. The highest BCUT2D eigenvalue weighted by molar-refractivity contribution is 6.10. The first-order valence-corrected chi connectivity index (χ1v) is 9.17. The number of carbonyl (C=O) groups is 3. The normalized spacial score (nSPS) is 20.0. The fourth-order valence-electron chi connectivity index (χ4n) is 3.17. The van der Waals surface area contributed by atoms with Gasteiger partial charge in [0, 0.05) is 11.7 Å². The van der Waals surface area contributed by atoms with Crippen molar-refractivity contribution in [3.05, 3.63) is 30.3 Å². The molecule has 1 aliphatic rings. The van der Waals surface area contributed by atoms with Crippen LogP contribution in [0.15, 0.2) is 30.3 Å². The molecular formula is C20H29N3O3. The summed E-state index contributed by atoms with van der Waals surface area (Å²) < 4.78 is 0. The Kier molecular flexibility index (Phi) is 6.05. The van der Waals surface area contributed by atoms with Gasteiger partial charge in [0.1, 0.15) is 12.1 Å².